The number of hydrogen-bond acceptors (Lipinski definition) is 7. The molecule has 1 fully saturated rings. The van der Waals surface area contributed by atoms with Gasteiger partial charge in [-0.25, -0.2) is 8.42 Å². The van der Waals surface area contributed by atoms with E-state index in [1.54, 1.807) is 37.3 Å². The fourth-order valence-corrected chi connectivity index (χ4v) is 5.66. The van der Waals surface area contributed by atoms with Gasteiger partial charge >= 0.3 is 11.8 Å². The molecule has 0 spiro atoms. The predicted octanol–water partition coefficient (Wildman–Crippen LogP) is 1.20. The number of nitrogens with zero attached hydrogens (tertiary/aromatic N) is 1. The van der Waals surface area contributed by atoms with Crippen LogP contribution in [0.2, 0.25) is 0 Å². The van der Waals surface area contributed by atoms with E-state index in [9.17, 15) is 18.0 Å². The van der Waals surface area contributed by atoms with Gasteiger partial charge in [-0.2, -0.15) is 4.31 Å². The molecule has 11 heteroatoms. The van der Waals surface area contributed by atoms with Crippen LogP contribution in [0.3, 0.4) is 0 Å². The highest BCUT2D eigenvalue weighted by Crippen LogP contribution is 2.32. The van der Waals surface area contributed by atoms with Crippen LogP contribution < -0.4 is 20.1 Å². The summed E-state index contributed by atoms with van der Waals surface area (Å²) in [6, 6.07) is 10.5. The largest absolute Gasteiger partial charge is 0.454 e. The zero-order chi connectivity index (χ0) is 24.3. The SMILES string of the molecule is Cc1ccc(C)c(S(=O)(=O)N2CCCO[C@@H]2CNC(=O)C(=O)NCc2ccc3c(c2)OCO3)c1. The van der Waals surface area contributed by atoms with Crippen molar-refractivity contribution in [3.05, 3.63) is 53.1 Å². The molecule has 0 aromatic heterocycles. The van der Waals surface area contributed by atoms with Gasteiger partial charge in [-0.15, -0.1) is 0 Å². The number of nitrogens with one attached hydrogen (secondary N) is 2. The molecule has 4 rings (SSSR count). The summed E-state index contributed by atoms with van der Waals surface area (Å²) < 4.78 is 44.1. The standard InChI is InChI=1S/C23H27N3O7S/c1-15-4-5-16(2)20(10-15)34(29,30)26-8-3-9-31-21(26)13-25-23(28)22(27)24-12-17-6-7-18-19(11-17)33-14-32-18/h4-7,10-11,21H,3,8-9,12-14H2,1-2H3,(H,24,27)(H,25,28)/t21-/m1/s1. The maximum atomic E-state index is 13.3. The molecule has 2 N–H and O–H groups in total. The molecule has 1 saturated heterocycles. The van der Waals surface area contributed by atoms with Crippen molar-refractivity contribution in [3.8, 4) is 11.5 Å². The minimum Gasteiger partial charge on any atom is -0.454 e. The fraction of sp³-hybridized carbons (Fsp3) is 0.391. The summed E-state index contributed by atoms with van der Waals surface area (Å²) in [6.07, 6.45) is -0.380. The van der Waals surface area contributed by atoms with Crippen molar-refractivity contribution in [2.45, 2.75) is 37.9 Å². The lowest BCUT2D eigenvalue weighted by molar-refractivity contribution is -0.140. The van der Waals surface area contributed by atoms with E-state index in [0.29, 0.717) is 30.1 Å². The average molecular weight is 490 g/mol. The molecule has 2 aromatic rings. The van der Waals surface area contributed by atoms with Crippen molar-refractivity contribution in [3.63, 3.8) is 0 Å². The second-order valence-corrected chi connectivity index (χ2v) is 10.0. The van der Waals surface area contributed by atoms with Crippen LogP contribution in [-0.4, -0.2) is 57.3 Å². The van der Waals surface area contributed by atoms with Gasteiger partial charge in [0.05, 0.1) is 18.0 Å². The van der Waals surface area contributed by atoms with E-state index in [1.807, 2.05) is 13.0 Å². The zero-order valence-corrected chi connectivity index (χ0v) is 19.8. The molecule has 0 aliphatic carbocycles. The Morgan fingerprint density at radius 2 is 1.79 bits per heavy atom. The number of aryl methyl sites for hydroxylation is 2. The van der Waals surface area contributed by atoms with Crippen molar-refractivity contribution in [2.24, 2.45) is 0 Å². The summed E-state index contributed by atoms with van der Waals surface area (Å²) >= 11 is 0. The Labute approximate surface area is 198 Å². The monoisotopic (exact) mass is 489 g/mol. The average Bonchev–Trinajstić information content (AvgIpc) is 3.30. The first kappa shape index (κ1) is 24.0. The van der Waals surface area contributed by atoms with E-state index >= 15 is 0 Å². The molecule has 0 radical (unpaired) electrons. The van der Waals surface area contributed by atoms with Gasteiger partial charge in [0.15, 0.2) is 11.5 Å². The second-order valence-electron chi connectivity index (χ2n) is 8.14. The Bertz CT molecular complexity index is 1200. The number of ether oxygens (including phenoxy) is 3. The number of benzene rings is 2. The van der Waals surface area contributed by atoms with Crippen LogP contribution in [0.5, 0.6) is 11.5 Å². The summed E-state index contributed by atoms with van der Waals surface area (Å²) in [7, 11) is -3.85. The topological polar surface area (TPSA) is 123 Å². The number of hydrogen-bond donors (Lipinski definition) is 2. The fourth-order valence-electron chi connectivity index (χ4n) is 3.79. The van der Waals surface area contributed by atoms with Gasteiger partial charge in [0.2, 0.25) is 16.8 Å². The van der Waals surface area contributed by atoms with E-state index in [2.05, 4.69) is 10.6 Å². The minimum absolute atomic E-state index is 0.121. The number of carbonyl (C=O) groups is 2. The Morgan fingerprint density at radius 1 is 1.03 bits per heavy atom. The van der Waals surface area contributed by atoms with Crippen LogP contribution in [0.15, 0.2) is 41.3 Å². The number of rotatable bonds is 6. The quantitative estimate of drug-likeness (QED) is 0.585. The predicted molar refractivity (Wildman–Crippen MR) is 122 cm³/mol. The van der Waals surface area contributed by atoms with Gasteiger partial charge in [-0.1, -0.05) is 18.2 Å². The second kappa shape index (κ2) is 10.00. The van der Waals surface area contributed by atoms with Crippen molar-refractivity contribution < 1.29 is 32.2 Å². The third-order valence-corrected chi connectivity index (χ3v) is 7.65. The molecule has 2 amide bonds. The minimum atomic E-state index is -3.85. The summed E-state index contributed by atoms with van der Waals surface area (Å²) in [4.78, 5) is 24.8. The lowest BCUT2D eigenvalue weighted by Gasteiger charge is -2.35. The lowest BCUT2D eigenvalue weighted by atomic mass is 10.2. The van der Waals surface area contributed by atoms with Crippen LogP contribution in [0.4, 0.5) is 0 Å². The molecule has 2 heterocycles. The Morgan fingerprint density at radius 3 is 2.62 bits per heavy atom. The number of fused-ring (bicyclic) bond motifs is 1. The van der Waals surface area contributed by atoms with Gasteiger partial charge in [0, 0.05) is 13.1 Å². The van der Waals surface area contributed by atoms with E-state index in [4.69, 9.17) is 14.2 Å². The van der Waals surface area contributed by atoms with E-state index in [-0.39, 0.29) is 31.3 Å². The van der Waals surface area contributed by atoms with E-state index < -0.39 is 28.1 Å². The Balaban J connectivity index is 1.36. The Hall–Kier alpha value is -3.15. The van der Waals surface area contributed by atoms with Gasteiger partial charge < -0.3 is 24.8 Å². The molecule has 0 unspecified atom stereocenters. The summed E-state index contributed by atoms with van der Waals surface area (Å²) in [5.74, 6) is -0.507. The first-order valence-corrected chi connectivity index (χ1v) is 12.3. The Kier molecular flexibility index (Phi) is 7.05. The molecular formula is C23H27N3O7S. The maximum Gasteiger partial charge on any atom is 0.309 e. The molecule has 0 saturated carbocycles. The van der Waals surface area contributed by atoms with Gasteiger partial charge in [-0.3, -0.25) is 9.59 Å². The highest BCUT2D eigenvalue weighted by atomic mass is 32.2. The van der Waals surface area contributed by atoms with E-state index in [1.165, 1.54) is 4.31 Å². The number of sulfonamides is 1. The van der Waals surface area contributed by atoms with Crippen molar-refractivity contribution >= 4 is 21.8 Å². The molecule has 10 nitrogen and oxygen atoms in total. The molecule has 0 bridgehead atoms. The first-order chi connectivity index (χ1) is 16.3. The summed E-state index contributed by atoms with van der Waals surface area (Å²) in [5, 5.41) is 5.02. The first-order valence-electron chi connectivity index (χ1n) is 10.9. The van der Waals surface area contributed by atoms with Crippen LogP contribution in [-0.2, 0) is 30.9 Å². The van der Waals surface area contributed by atoms with Gasteiger partial charge in [0.1, 0.15) is 6.23 Å². The van der Waals surface area contributed by atoms with Crippen molar-refractivity contribution in [1.29, 1.82) is 0 Å². The highest BCUT2D eigenvalue weighted by molar-refractivity contribution is 7.89. The van der Waals surface area contributed by atoms with Crippen molar-refractivity contribution in [2.75, 3.05) is 26.5 Å². The summed E-state index contributed by atoms with van der Waals surface area (Å²) in [6.45, 7) is 4.29. The maximum absolute atomic E-state index is 13.3. The molecule has 1 atom stereocenters. The van der Waals surface area contributed by atoms with Crippen LogP contribution in [0.1, 0.15) is 23.1 Å². The number of carbonyl (C=O) groups excluding carboxylic acids is 2. The van der Waals surface area contributed by atoms with E-state index in [0.717, 1.165) is 11.1 Å². The molecule has 2 aliphatic rings. The van der Waals surface area contributed by atoms with Crippen molar-refractivity contribution in [1.82, 2.24) is 14.9 Å². The lowest BCUT2D eigenvalue weighted by Crippen LogP contribution is -2.53. The van der Waals surface area contributed by atoms with Gasteiger partial charge in [-0.05, 0) is 55.2 Å². The molecular weight excluding hydrogens is 462 g/mol. The molecule has 2 aliphatic heterocycles. The summed E-state index contributed by atoms with van der Waals surface area (Å²) in [5.41, 5.74) is 2.19. The normalized spacial score (nSPS) is 17.9. The van der Waals surface area contributed by atoms with Gasteiger partial charge in [0.25, 0.3) is 0 Å². The molecule has 2 aromatic carbocycles. The smallest absolute Gasteiger partial charge is 0.309 e. The third-order valence-electron chi connectivity index (χ3n) is 5.62. The zero-order valence-electron chi connectivity index (χ0n) is 19.0. The molecule has 182 valence electrons. The highest BCUT2D eigenvalue weighted by Gasteiger charge is 2.35. The number of amides is 2. The van der Waals surface area contributed by atoms with Crippen LogP contribution in [0, 0.1) is 13.8 Å². The van der Waals surface area contributed by atoms with Crippen LogP contribution in [0.25, 0.3) is 0 Å². The van der Waals surface area contributed by atoms with Crippen LogP contribution >= 0.6 is 0 Å². The third kappa shape index (κ3) is 5.16. The molecule has 34 heavy (non-hydrogen) atoms.